The van der Waals surface area contributed by atoms with Crippen molar-refractivity contribution in [2.75, 3.05) is 18.0 Å². The fraction of sp³-hybridized carbons (Fsp3) is 0.300. The molecule has 2 rings (SSSR count). The van der Waals surface area contributed by atoms with Crippen LogP contribution in [0.1, 0.15) is 36.7 Å². The van der Waals surface area contributed by atoms with Crippen LogP contribution >= 0.6 is 0 Å². The smallest absolute Gasteiger partial charge is 0.387 e. The maximum Gasteiger partial charge on any atom is 0.387 e. The summed E-state index contributed by atoms with van der Waals surface area (Å²) in [6.45, 7) is 4.80. The Morgan fingerprint density at radius 1 is 1.04 bits per heavy atom. The molecule has 0 bridgehead atoms. The lowest BCUT2D eigenvalue weighted by molar-refractivity contribution is -0.0498. The van der Waals surface area contributed by atoms with Crippen molar-refractivity contribution in [2.24, 2.45) is 5.10 Å². The Morgan fingerprint density at radius 3 is 2.11 bits per heavy atom. The third-order valence-electron chi connectivity index (χ3n) is 4.08. The van der Waals surface area contributed by atoms with E-state index in [1.807, 2.05) is 12.1 Å². The Balaban J connectivity index is 2.00. The van der Waals surface area contributed by atoms with Gasteiger partial charge in [-0.15, -0.1) is 0 Å². The molecule has 0 aliphatic rings. The quantitative estimate of drug-likeness (QED) is 0.553. The maximum atomic E-state index is 12.2. The number of benzene rings is 2. The van der Waals surface area contributed by atoms with Gasteiger partial charge in [-0.25, -0.2) is 5.43 Å². The Hall–Kier alpha value is -2.96. The minimum atomic E-state index is -2.86. The number of alkyl halides is 2. The molecule has 27 heavy (non-hydrogen) atoms. The summed E-state index contributed by atoms with van der Waals surface area (Å²) in [6, 6.07) is 13.4. The van der Waals surface area contributed by atoms with E-state index in [0.29, 0.717) is 16.8 Å². The van der Waals surface area contributed by atoms with E-state index in [9.17, 15) is 13.6 Å². The second kappa shape index (κ2) is 9.66. The molecule has 0 aromatic heterocycles. The molecule has 0 saturated carbocycles. The first-order chi connectivity index (χ1) is 12.9. The van der Waals surface area contributed by atoms with Crippen LogP contribution in [0.5, 0.6) is 5.75 Å². The predicted molar refractivity (Wildman–Crippen MR) is 103 cm³/mol. The summed E-state index contributed by atoms with van der Waals surface area (Å²) in [5.74, 6) is -0.253. The van der Waals surface area contributed by atoms with Gasteiger partial charge in [0.2, 0.25) is 0 Å². The van der Waals surface area contributed by atoms with Crippen molar-refractivity contribution in [2.45, 2.75) is 27.4 Å². The molecule has 0 fully saturated rings. The number of hydrazone groups is 1. The fourth-order valence-corrected chi connectivity index (χ4v) is 2.55. The molecule has 144 valence electrons. The highest BCUT2D eigenvalue weighted by atomic mass is 19.3. The summed E-state index contributed by atoms with van der Waals surface area (Å²) in [4.78, 5) is 14.4. The molecule has 1 N–H and O–H groups in total. The number of ether oxygens (including phenoxy) is 1. The van der Waals surface area contributed by atoms with Gasteiger partial charge in [-0.2, -0.15) is 13.9 Å². The van der Waals surface area contributed by atoms with Crippen LogP contribution in [-0.2, 0) is 0 Å². The van der Waals surface area contributed by atoms with Crippen LogP contribution in [0, 0.1) is 0 Å². The highest BCUT2D eigenvalue weighted by Crippen LogP contribution is 2.16. The fourth-order valence-electron chi connectivity index (χ4n) is 2.55. The normalized spacial score (nSPS) is 11.4. The van der Waals surface area contributed by atoms with E-state index in [1.54, 1.807) is 31.2 Å². The van der Waals surface area contributed by atoms with Gasteiger partial charge in [0.15, 0.2) is 0 Å². The Labute approximate surface area is 157 Å². The van der Waals surface area contributed by atoms with Gasteiger partial charge in [0.25, 0.3) is 5.91 Å². The lowest BCUT2D eigenvalue weighted by Gasteiger charge is -2.20. The lowest BCUT2D eigenvalue weighted by atomic mass is 10.1. The summed E-state index contributed by atoms with van der Waals surface area (Å²) in [7, 11) is 0. The summed E-state index contributed by atoms with van der Waals surface area (Å²) >= 11 is 0. The molecule has 0 spiro atoms. The summed E-state index contributed by atoms with van der Waals surface area (Å²) in [5, 5.41) is 4.07. The molecule has 0 unspecified atom stereocenters. The second-order valence-electron chi connectivity index (χ2n) is 5.76. The monoisotopic (exact) mass is 375 g/mol. The van der Waals surface area contributed by atoms with Gasteiger partial charge in [0, 0.05) is 24.3 Å². The first kappa shape index (κ1) is 20.4. The van der Waals surface area contributed by atoms with E-state index in [-0.39, 0.29) is 11.7 Å². The van der Waals surface area contributed by atoms with E-state index in [2.05, 4.69) is 34.0 Å². The van der Waals surface area contributed by atoms with E-state index < -0.39 is 6.61 Å². The molecule has 1 amide bonds. The molecule has 7 heteroatoms. The van der Waals surface area contributed by atoms with Crippen molar-refractivity contribution in [3.8, 4) is 5.75 Å². The number of nitrogens with one attached hydrogen (secondary N) is 1. The molecule has 0 atom stereocenters. The molecule has 2 aromatic carbocycles. The van der Waals surface area contributed by atoms with Crippen LogP contribution in [0.4, 0.5) is 14.5 Å². The zero-order chi connectivity index (χ0) is 19.8. The van der Waals surface area contributed by atoms with Crippen LogP contribution < -0.4 is 15.1 Å². The van der Waals surface area contributed by atoms with Gasteiger partial charge < -0.3 is 9.64 Å². The average Bonchev–Trinajstić information content (AvgIpc) is 2.67. The van der Waals surface area contributed by atoms with Gasteiger partial charge in [0.1, 0.15) is 5.75 Å². The number of hydrogen-bond acceptors (Lipinski definition) is 4. The van der Waals surface area contributed by atoms with E-state index >= 15 is 0 Å². The number of carbonyl (C=O) groups is 1. The van der Waals surface area contributed by atoms with Gasteiger partial charge in [0.05, 0.1) is 5.71 Å². The molecule has 0 aliphatic carbocycles. The van der Waals surface area contributed by atoms with Crippen molar-refractivity contribution in [3.63, 3.8) is 0 Å². The van der Waals surface area contributed by atoms with Crippen LogP contribution in [0.25, 0.3) is 0 Å². The summed E-state index contributed by atoms with van der Waals surface area (Å²) in [6.07, 6.45) is 0. The number of rotatable bonds is 8. The van der Waals surface area contributed by atoms with Crippen molar-refractivity contribution in [3.05, 3.63) is 59.7 Å². The first-order valence-corrected chi connectivity index (χ1v) is 8.69. The van der Waals surface area contributed by atoms with Crippen molar-refractivity contribution in [1.82, 2.24) is 5.43 Å². The second-order valence-corrected chi connectivity index (χ2v) is 5.76. The van der Waals surface area contributed by atoms with E-state index in [4.69, 9.17) is 0 Å². The van der Waals surface area contributed by atoms with Crippen molar-refractivity contribution >= 4 is 17.3 Å². The molecule has 5 nitrogen and oxygen atoms in total. The minimum Gasteiger partial charge on any atom is -0.435 e. The number of amides is 1. The molecular weight excluding hydrogens is 352 g/mol. The van der Waals surface area contributed by atoms with Crippen LogP contribution in [0.3, 0.4) is 0 Å². The average molecular weight is 375 g/mol. The highest BCUT2D eigenvalue weighted by Gasteiger charge is 2.08. The predicted octanol–water partition coefficient (Wildman–Crippen LogP) is 4.29. The van der Waals surface area contributed by atoms with Crippen molar-refractivity contribution in [1.29, 1.82) is 0 Å². The molecule has 0 radical (unpaired) electrons. The third kappa shape index (κ3) is 5.77. The van der Waals surface area contributed by atoms with Gasteiger partial charge in [-0.1, -0.05) is 0 Å². The maximum absolute atomic E-state index is 12.2. The Bertz CT molecular complexity index is 771. The van der Waals surface area contributed by atoms with Crippen molar-refractivity contribution < 1.29 is 18.3 Å². The topological polar surface area (TPSA) is 53.9 Å². The van der Waals surface area contributed by atoms with Crippen LogP contribution in [0.2, 0.25) is 0 Å². The minimum absolute atomic E-state index is 0.0684. The number of anilines is 1. The zero-order valence-corrected chi connectivity index (χ0v) is 15.6. The van der Waals surface area contributed by atoms with Gasteiger partial charge in [-0.3, -0.25) is 4.79 Å². The van der Waals surface area contributed by atoms with Gasteiger partial charge >= 0.3 is 6.61 Å². The molecule has 0 aliphatic heterocycles. The first-order valence-electron chi connectivity index (χ1n) is 8.69. The number of hydrogen-bond donors (Lipinski definition) is 1. The molecule has 0 heterocycles. The number of halogens is 2. The number of nitrogens with zero attached hydrogens (tertiary/aromatic N) is 2. The van der Waals surface area contributed by atoms with E-state index in [1.165, 1.54) is 12.1 Å². The summed E-state index contributed by atoms with van der Waals surface area (Å²) < 4.78 is 28.6. The lowest BCUT2D eigenvalue weighted by Crippen LogP contribution is -2.22. The molecular formula is C20H23F2N3O2. The standard InChI is InChI=1S/C20H23F2N3O2/c1-4-25(5-2)17-10-6-16(7-11-17)19(26)24-23-14(3)15-8-12-18(13-9-15)27-20(21)22/h6-13,20H,4-5H2,1-3H3,(H,24,26). The van der Waals surface area contributed by atoms with Crippen LogP contribution in [-0.4, -0.2) is 31.3 Å². The van der Waals surface area contributed by atoms with Gasteiger partial charge in [-0.05, 0) is 74.9 Å². The summed E-state index contributed by atoms with van der Waals surface area (Å²) in [5.41, 5.74) is 5.30. The SMILES string of the molecule is CCN(CC)c1ccc(C(=O)NN=C(C)c2ccc(OC(F)F)cc2)cc1. The number of carbonyl (C=O) groups excluding carboxylic acids is 1. The molecule has 0 saturated heterocycles. The zero-order valence-electron chi connectivity index (χ0n) is 15.6. The van der Waals surface area contributed by atoms with Crippen LogP contribution in [0.15, 0.2) is 53.6 Å². The Kier molecular flexibility index (Phi) is 7.28. The Morgan fingerprint density at radius 2 is 1.59 bits per heavy atom. The molecule has 2 aromatic rings. The van der Waals surface area contributed by atoms with E-state index in [0.717, 1.165) is 18.8 Å². The third-order valence-corrected chi connectivity index (χ3v) is 4.08. The highest BCUT2D eigenvalue weighted by molar-refractivity contribution is 6.01. The largest absolute Gasteiger partial charge is 0.435 e.